The van der Waals surface area contributed by atoms with Crippen molar-refractivity contribution in [2.24, 2.45) is 0 Å². The van der Waals surface area contributed by atoms with E-state index in [-0.39, 0.29) is 17.3 Å². The van der Waals surface area contributed by atoms with Crippen LogP contribution in [-0.2, 0) is 26.2 Å². The van der Waals surface area contributed by atoms with Crippen molar-refractivity contribution in [1.82, 2.24) is 10.2 Å². The van der Waals surface area contributed by atoms with Crippen LogP contribution in [-0.4, -0.2) is 44.3 Å². The van der Waals surface area contributed by atoms with Gasteiger partial charge < -0.3 is 10.2 Å². The maximum Gasteiger partial charge on any atom is 0.264 e. The normalized spacial score (nSPS) is 12.0. The molecule has 1 N–H and O–H groups in total. The van der Waals surface area contributed by atoms with Gasteiger partial charge in [0.2, 0.25) is 11.8 Å². The Hall–Kier alpha value is -3.72. The maximum atomic E-state index is 13.7. The van der Waals surface area contributed by atoms with Crippen LogP contribution in [0.25, 0.3) is 0 Å². The van der Waals surface area contributed by atoms with Gasteiger partial charge in [-0.05, 0) is 62.2 Å². The van der Waals surface area contributed by atoms with Crippen molar-refractivity contribution in [3.05, 3.63) is 95.8 Å². The summed E-state index contributed by atoms with van der Waals surface area (Å²) in [5, 5.41) is 2.78. The Labute approximate surface area is 218 Å². The van der Waals surface area contributed by atoms with Crippen LogP contribution in [0.3, 0.4) is 0 Å². The van der Waals surface area contributed by atoms with Crippen LogP contribution in [0, 0.1) is 12.7 Å². The van der Waals surface area contributed by atoms with Crippen molar-refractivity contribution in [3.63, 3.8) is 0 Å². The minimum Gasteiger partial charge on any atom is -0.354 e. The molecule has 0 fully saturated rings. The number of hydrogen-bond donors (Lipinski definition) is 1. The third-order valence-corrected chi connectivity index (χ3v) is 7.70. The molecule has 0 aromatic heterocycles. The van der Waals surface area contributed by atoms with Crippen LogP contribution in [0.15, 0.2) is 83.8 Å². The summed E-state index contributed by atoms with van der Waals surface area (Å²) in [6.07, 6.45) is 0.723. The van der Waals surface area contributed by atoms with Gasteiger partial charge in [-0.2, -0.15) is 0 Å². The highest BCUT2D eigenvalue weighted by Gasteiger charge is 2.32. The molecule has 3 aromatic carbocycles. The van der Waals surface area contributed by atoms with E-state index in [1.54, 1.807) is 49.4 Å². The van der Waals surface area contributed by atoms with Crippen molar-refractivity contribution in [2.45, 2.75) is 44.7 Å². The van der Waals surface area contributed by atoms with E-state index in [4.69, 9.17) is 0 Å². The average molecular weight is 526 g/mol. The maximum absolute atomic E-state index is 13.7. The zero-order valence-corrected chi connectivity index (χ0v) is 22.0. The Kier molecular flexibility index (Phi) is 9.41. The molecule has 9 heteroatoms. The van der Waals surface area contributed by atoms with Gasteiger partial charge in [0.1, 0.15) is 18.4 Å². The summed E-state index contributed by atoms with van der Waals surface area (Å²) in [4.78, 5) is 27.9. The topological polar surface area (TPSA) is 86.8 Å². The number of aryl methyl sites for hydroxylation is 1. The molecule has 0 saturated carbocycles. The number of halogens is 1. The van der Waals surface area contributed by atoms with E-state index in [1.165, 1.54) is 41.3 Å². The fourth-order valence-corrected chi connectivity index (χ4v) is 5.14. The molecule has 3 rings (SSSR count). The predicted octanol–water partition coefficient (Wildman–Crippen LogP) is 4.27. The summed E-state index contributed by atoms with van der Waals surface area (Å²) in [6.45, 7) is 5.29. The second kappa shape index (κ2) is 12.5. The highest BCUT2D eigenvalue weighted by atomic mass is 32.2. The van der Waals surface area contributed by atoms with Gasteiger partial charge in [0.15, 0.2) is 0 Å². The van der Waals surface area contributed by atoms with Crippen LogP contribution in [0.2, 0.25) is 0 Å². The smallest absolute Gasteiger partial charge is 0.264 e. The molecule has 7 nitrogen and oxygen atoms in total. The average Bonchev–Trinajstić information content (AvgIpc) is 2.90. The van der Waals surface area contributed by atoms with Crippen molar-refractivity contribution < 1.29 is 22.4 Å². The summed E-state index contributed by atoms with van der Waals surface area (Å²) in [6, 6.07) is 19.5. The Balaban J connectivity index is 1.98. The molecule has 0 aliphatic heterocycles. The summed E-state index contributed by atoms with van der Waals surface area (Å²) >= 11 is 0. The molecule has 0 spiro atoms. The number of nitrogens with one attached hydrogen (secondary N) is 1. The third-order valence-electron chi connectivity index (χ3n) is 5.91. The zero-order valence-electron chi connectivity index (χ0n) is 21.2. The van der Waals surface area contributed by atoms with E-state index in [0.29, 0.717) is 17.8 Å². The first-order valence-electron chi connectivity index (χ1n) is 12.1. The molecule has 37 heavy (non-hydrogen) atoms. The molecule has 196 valence electrons. The van der Waals surface area contributed by atoms with E-state index in [2.05, 4.69) is 5.32 Å². The van der Waals surface area contributed by atoms with E-state index >= 15 is 0 Å². The SMILES string of the molecule is CCCNC(=O)[C@H](C)N(Cc1ccc(F)cc1)C(=O)CN(c1ccccc1)S(=O)(=O)c1ccc(C)cc1. The van der Waals surface area contributed by atoms with Crippen LogP contribution in [0.4, 0.5) is 10.1 Å². The monoisotopic (exact) mass is 525 g/mol. The van der Waals surface area contributed by atoms with Crippen molar-refractivity contribution >= 4 is 27.5 Å². The quantitative estimate of drug-likeness (QED) is 0.405. The third kappa shape index (κ3) is 7.16. The van der Waals surface area contributed by atoms with Gasteiger partial charge in [-0.25, -0.2) is 12.8 Å². The lowest BCUT2D eigenvalue weighted by Crippen LogP contribution is -2.51. The molecular weight excluding hydrogens is 493 g/mol. The van der Waals surface area contributed by atoms with E-state index in [0.717, 1.165) is 16.3 Å². The van der Waals surface area contributed by atoms with Gasteiger partial charge >= 0.3 is 0 Å². The number of anilines is 1. The molecule has 0 saturated heterocycles. The largest absolute Gasteiger partial charge is 0.354 e. The Morgan fingerprint density at radius 3 is 2.16 bits per heavy atom. The second-order valence-electron chi connectivity index (χ2n) is 8.78. The van der Waals surface area contributed by atoms with E-state index in [1.807, 2.05) is 13.8 Å². The van der Waals surface area contributed by atoms with Crippen LogP contribution < -0.4 is 9.62 Å². The molecule has 0 aliphatic carbocycles. The number of carbonyl (C=O) groups is 2. The first-order valence-corrected chi connectivity index (χ1v) is 13.5. The fourth-order valence-electron chi connectivity index (χ4n) is 3.73. The second-order valence-corrected chi connectivity index (χ2v) is 10.6. The highest BCUT2D eigenvalue weighted by Crippen LogP contribution is 2.24. The first-order chi connectivity index (χ1) is 17.6. The number of para-hydroxylation sites is 1. The lowest BCUT2D eigenvalue weighted by atomic mass is 10.1. The molecule has 0 unspecified atom stereocenters. The number of hydrogen-bond acceptors (Lipinski definition) is 4. The van der Waals surface area contributed by atoms with Crippen molar-refractivity contribution in [2.75, 3.05) is 17.4 Å². The number of rotatable bonds is 11. The molecule has 0 bridgehead atoms. The summed E-state index contributed by atoms with van der Waals surface area (Å²) < 4.78 is 41.9. The van der Waals surface area contributed by atoms with Gasteiger partial charge in [-0.3, -0.25) is 13.9 Å². The summed E-state index contributed by atoms with van der Waals surface area (Å²) in [5.74, 6) is -1.34. The van der Waals surface area contributed by atoms with Crippen LogP contribution >= 0.6 is 0 Å². The number of carbonyl (C=O) groups excluding carboxylic acids is 2. The van der Waals surface area contributed by atoms with Crippen molar-refractivity contribution in [3.8, 4) is 0 Å². The van der Waals surface area contributed by atoms with Crippen LogP contribution in [0.1, 0.15) is 31.4 Å². The molecular formula is C28H32FN3O4S. The van der Waals surface area contributed by atoms with Crippen LogP contribution in [0.5, 0.6) is 0 Å². The minimum atomic E-state index is -4.10. The Morgan fingerprint density at radius 2 is 1.57 bits per heavy atom. The van der Waals surface area contributed by atoms with Crippen molar-refractivity contribution in [1.29, 1.82) is 0 Å². The first kappa shape index (κ1) is 27.9. The van der Waals surface area contributed by atoms with Gasteiger partial charge in [0, 0.05) is 13.1 Å². The molecule has 0 radical (unpaired) electrons. The minimum absolute atomic E-state index is 0.00698. The molecule has 2 amide bonds. The molecule has 3 aromatic rings. The Bertz CT molecular complexity index is 1300. The van der Waals surface area contributed by atoms with Gasteiger partial charge in [0.05, 0.1) is 10.6 Å². The lowest BCUT2D eigenvalue weighted by Gasteiger charge is -2.32. The van der Waals surface area contributed by atoms with Gasteiger partial charge in [-0.15, -0.1) is 0 Å². The number of sulfonamides is 1. The molecule has 0 heterocycles. The summed E-state index contributed by atoms with van der Waals surface area (Å²) in [5.41, 5.74) is 1.83. The lowest BCUT2D eigenvalue weighted by molar-refractivity contribution is -0.139. The fraction of sp³-hybridized carbons (Fsp3) is 0.286. The van der Waals surface area contributed by atoms with E-state index in [9.17, 15) is 22.4 Å². The van der Waals surface area contributed by atoms with Gasteiger partial charge in [0.25, 0.3) is 10.0 Å². The highest BCUT2D eigenvalue weighted by molar-refractivity contribution is 7.92. The number of amides is 2. The van der Waals surface area contributed by atoms with E-state index < -0.39 is 34.3 Å². The molecule has 0 aliphatic rings. The standard InChI is InChI=1S/C28H32FN3O4S/c1-4-18-30-28(34)22(3)31(19-23-12-14-24(29)15-13-23)27(33)20-32(25-8-6-5-7-9-25)37(35,36)26-16-10-21(2)11-17-26/h5-17,22H,4,18-20H2,1-3H3,(H,30,34)/t22-/m0/s1. The number of benzene rings is 3. The zero-order chi connectivity index (χ0) is 27.0. The predicted molar refractivity (Wildman–Crippen MR) is 142 cm³/mol. The number of nitrogens with zero attached hydrogens (tertiary/aromatic N) is 2. The van der Waals surface area contributed by atoms with Gasteiger partial charge in [-0.1, -0.05) is 55.0 Å². The molecule has 1 atom stereocenters. The summed E-state index contributed by atoms with van der Waals surface area (Å²) in [7, 11) is -4.10. The Morgan fingerprint density at radius 1 is 0.946 bits per heavy atom.